The first kappa shape index (κ1) is 17.4. The Morgan fingerprint density at radius 2 is 1.05 bits per heavy atom. The van der Waals surface area contributed by atoms with Gasteiger partial charge in [0.15, 0.2) is 0 Å². The Bertz CT molecular complexity index is 2330. The third-order valence-corrected chi connectivity index (χ3v) is 7.45. The van der Waals surface area contributed by atoms with Crippen LogP contribution in [-0.4, -0.2) is 9.13 Å². The van der Waals surface area contributed by atoms with Crippen LogP contribution in [0.25, 0.3) is 66.1 Å². The highest BCUT2D eigenvalue weighted by Gasteiger charge is 2.19. The van der Waals surface area contributed by atoms with Gasteiger partial charge in [-0.1, -0.05) is 103 Å². The van der Waals surface area contributed by atoms with Crippen LogP contribution < -0.4 is 0 Å². The lowest BCUT2D eigenvalue weighted by Crippen LogP contribution is -1.96. The van der Waals surface area contributed by atoms with Crippen molar-refractivity contribution in [2.75, 3.05) is 0 Å². The molecule has 6 aromatic carbocycles. The Labute approximate surface area is 226 Å². The third kappa shape index (κ3) is 3.01. The maximum absolute atomic E-state index is 8.93. The van der Waals surface area contributed by atoms with E-state index in [1.165, 1.54) is 5.56 Å². The van der Waals surface area contributed by atoms with Gasteiger partial charge in [0.1, 0.15) is 0 Å². The second kappa shape index (κ2) is 8.22. The molecule has 0 saturated heterocycles. The van der Waals surface area contributed by atoms with Crippen molar-refractivity contribution >= 4 is 43.6 Å². The second-order valence-corrected chi connectivity index (χ2v) is 9.51. The number of para-hydroxylation sites is 3. The van der Waals surface area contributed by atoms with Crippen LogP contribution >= 0.6 is 0 Å². The SMILES string of the molecule is [2H]c1c([2H])c([2H])c2c(c1[2H])c1ccccc1n2-c1cccc2c1c1ccccc1n2-c1ccc(-c2ccccc2)cc1. The molecule has 0 unspecified atom stereocenters. The molecule has 8 aromatic rings. The number of hydrogen-bond acceptors (Lipinski definition) is 0. The quantitative estimate of drug-likeness (QED) is 0.234. The van der Waals surface area contributed by atoms with Gasteiger partial charge in [-0.15, -0.1) is 0 Å². The van der Waals surface area contributed by atoms with Gasteiger partial charge in [-0.2, -0.15) is 0 Å². The standard InChI is InChI=1S/C36H24N2/c1-2-11-25(12-3-1)26-21-23-27(24-22-26)37-33-18-9-6-15-30(33)36-34(37)19-10-20-35(36)38-31-16-7-4-13-28(31)29-14-5-8-17-32(29)38/h1-24H/i4D,7D,13D,16D. The van der Waals surface area contributed by atoms with Crippen molar-refractivity contribution in [2.45, 2.75) is 0 Å². The summed E-state index contributed by atoms with van der Waals surface area (Å²) in [7, 11) is 0. The molecular weight excluding hydrogens is 460 g/mol. The number of nitrogens with zero attached hydrogens (tertiary/aromatic N) is 2. The maximum atomic E-state index is 8.93. The third-order valence-electron chi connectivity index (χ3n) is 7.45. The molecule has 0 atom stereocenters. The van der Waals surface area contributed by atoms with Crippen LogP contribution in [0.3, 0.4) is 0 Å². The van der Waals surface area contributed by atoms with E-state index in [0.717, 1.165) is 49.6 Å². The molecule has 8 rings (SSSR count). The highest BCUT2D eigenvalue weighted by atomic mass is 15.0. The summed E-state index contributed by atoms with van der Waals surface area (Å²) < 4.78 is 38.8. The number of rotatable bonds is 3. The van der Waals surface area contributed by atoms with E-state index < -0.39 is 0 Å². The zero-order valence-corrected chi connectivity index (χ0v) is 20.4. The lowest BCUT2D eigenvalue weighted by Gasteiger charge is -2.12. The molecule has 178 valence electrons. The number of benzene rings is 6. The van der Waals surface area contributed by atoms with E-state index in [4.69, 9.17) is 5.48 Å². The first-order chi connectivity index (χ1) is 20.5. The Kier molecular flexibility index (Phi) is 3.76. The average Bonchev–Trinajstić information content (AvgIpc) is 3.57. The van der Waals surface area contributed by atoms with Crippen LogP contribution in [0.2, 0.25) is 0 Å². The molecule has 2 heteroatoms. The monoisotopic (exact) mass is 488 g/mol. The molecule has 2 aromatic heterocycles. The van der Waals surface area contributed by atoms with Gasteiger partial charge in [-0.05, 0) is 53.6 Å². The summed E-state index contributed by atoms with van der Waals surface area (Å²) in [4.78, 5) is 0. The van der Waals surface area contributed by atoms with Crippen molar-refractivity contribution < 1.29 is 5.48 Å². The molecule has 2 nitrogen and oxygen atoms in total. The maximum Gasteiger partial charge on any atom is 0.0645 e. The number of hydrogen-bond donors (Lipinski definition) is 0. The van der Waals surface area contributed by atoms with Crippen molar-refractivity contribution in [3.63, 3.8) is 0 Å². The van der Waals surface area contributed by atoms with Crippen molar-refractivity contribution in [1.82, 2.24) is 9.13 Å². The summed E-state index contributed by atoms with van der Waals surface area (Å²) in [5, 5.41) is 3.43. The first-order valence-corrected chi connectivity index (χ1v) is 12.7. The highest BCUT2D eigenvalue weighted by Crippen LogP contribution is 2.39. The van der Waals surface area contributed by atoms with Gasteiger partial charge in [-0.3, -0.25) is 0 Å². The predicted octanol–water partition coefficient (Wildman–Crippen LogP) is 9.55. The van der Waals surface area contributed by atoms with Crippen LogP contribution in [0.5, 0.6) is 0 Å². The van der Waals surface area contributed by atoms with E-state index in [1.807, 2.05) is 71.3 Å². The van der Waals surface area contributed by atoms with E-state index in [-0.39, 0.29) is 24.2 Å². The van der Waals surface area contributed by atoms with Gasteiger partial charge in [0.05, 0.1) is 33.2 Å². The zero-order chi connectivity index (χ0) is 28.5. The van der Waals surface area contributed by atoms with E-state index in [9.17, 15) is 0 Å². The topological polar surface area (TPSA) is 9.86 Å². The van der Waals surface area contributed by atoms with Crippen LogP contribution in [0, 0.1) is 0 Å². The van der Waals surface area contributed by atoms with Crippen LogP contribution in [0.15, 0.2) is 145 Å². The molecule has 0 aliphatic carbocycles. The van der Waals surface area contributed by atoms with Gasteiger partial charge in [0.25, 0.3) is 0 Å². The van der Waals surface area contributed by atoms with Gasteiger partial charge >= 0.3 is 0 Å². The Morgan fingerprint density at radius 3 is 1.87 bits per heavy atom. The Morgan fingerprint density at radius 1 is 0.421 bits per heavy atom. The first-order valence-electron chi connectivity index (χ1n) is 14.7. The van der Waals surface area contributed by atoms with Crippen LogP contribution in [0.1, 0.15) is 5.48 Å². The fourth-order valence-electron chi connectivity index (χ4n) is 5.82. The molecule has 0 radical (unpaired) electrons. The normalized spacial score (nSPS) is 13.2. The second-order valence-electron chi connectivity index (χ2n) is 9.51. The van der Waals surface area contributed by atoms with E-state index in [2.05, 4.69) is 59.2 Å². The fourth-order valence-corrected chi connectivity index (χ4v) is 5.82. The molecule has 0 fully saturated rings. The summed E-state index contributed by atoms with van der Waals surface area (Å²) in [6.45, 7) is 0. The molecule has 38 heavy (non-hydrogen) atoms. The molecule has 0 amide bonds. The van der Waals surface area contributed by atoms with Crippen molar-refractivity contribution in [3.05, 3.63) is 145 Å². The van der Waals surface area contributed by atoms with Crippen LogP contribution in [-0.2, 0) is 0 Å². The largest absolute Gasteiger partial charge is 0.309 e. The number of fused-ring (bicyclic) bond motifs is 6. The molecule has 0 bridgehead atoms. The van der Waals surface area contributed by atoms with E-state index in [0.29, 0.717) is 10.9 Å². The average molecular weight is 489 g/mol. The minimum absolute atomic E-state index is 0.0194. The fraction of sp³-hybridized carbons (Fsp3) is 0. The zero-order valence-electron chi connectivity index (χ0n) is 24.4. The summed E-state index contributed by atoms with van der Waals surface area (Å²) in [6, 6.07) is 40.8. The smallest absolute Gasteiger partial charge is 0.0645 e. The molecule has 0 N–H and O–H groups in total. The van der Waals surface area contributed by atoms with Gasteiger partial charge in [0.2, 0.25) is 0 Å². The molecular formula is C36H24N2. The molecule has 0 saturated carbocycles. The summed E-state index contributed by atoms with van der Waals surface area (Å²) in [5.41, 5.74) is 7.66. The molecule has 2 heterocycles. The summed E-state index contributed by atoms with van der Waals surface area (Å²) >= 11 is 0. The van der Waals surface area contributed by atoms with Gasteiger partial charge in [-0.25, -0.2) is 0 Å². The van der Waals surface area contributed by atoms with E-state index >= 15 is 0 Å². The lowest BCUT2D eigenvalue weighted by molar-refractivity contribution is 1.17. The Hall–Kier alpha value is -5.08. The summed E-state index contributed by atoms with van der Waals surface area (Å²) in [6.07, 6.45) is 0. The molecule has 0 spiro atoms. The molecule has 0 aliphatic heterocycles. The van der Waals surface area contributed by atoms with Crippen LogP contribution in [0.4, 0.5) is 0 Å². The van der Waals surface area contributed by atoms with Crippen molar-refractivity contribution in [3.8, 4) is 22.5 Å². The summed E-state index contributed by atoms with van der Waals surface area (Å²) in [5.74, 6) is 0. The highest BCUT2D eigenvalue weighted by molar-refractivity contribution is 6.16. The minimum Gasteiger partial charge on any atom is -0.309 e. The van der Waals surface area contributed by atoms with Gasteiger partial charge < -0.3 is 9.13 Å². The number of aromatic nitrogens is 2. The van der Waals surface area contributed by atoms with Gasteiger partial charge in [0, 0.05) is 27.2 Å². The predicted molar refractivity (Wildman–Crippen MR) is 161 cm³/mol. The van der Waals surface area contributed by atoms with E-state index in [1.54, 1.807) is 0 Å². The van der Waals surface area contributed by atoms with Crippen molar-refractivity contribution in [2.24, 2.45) is 0 Å². The lowest BCUT2D eigenvalue weighted by atomic mass is 10.1. The minimum atomic E-state index is -0.232. The molecule has 0 aliphatic rings. The van der Waals surface area contributed by atoms with Crippen molar-refractivity contribution in [1.29, 1.82) is 0 Å². The Balaban J connectivity index is 1.47.